The molecule has 0 unspecified atom stereocenters. The number of nitro groups is 1. The highest BCUT2D eigenvalue weighted by molar-refractivity contribution is 8.26. The molecule has 104 valence electrons. The minimum absolute atomic E-state index is 0.115. The fourth-order valence-corrected chi connectivity index (χ4v) is 2.65. The lowest BCUT2D eigenvalue weighted by Crippen LogP contribution is -2.33. The summed E-state index contributed by atoms with van der Waals surface area (Å²) in [7, 11) is 0. The van der Waals surface area contributed by atoms with E-state index in [0.29, 0.717) is 0 Å². The van der Waals surface area contributed by atoms with Gasteiger partial charge in [-0.1, -0.05) is 24.0 Å². The van der Waals surface area contributed by atoms with E-state index in [1.807, 2.05) is 0 Å². The van der Waals surface area contributed by atoms with Gasteiger partial charge < -0.3 is 9.52 Å². The zero-order valence-corrected chi connectivity index (χ0v) is 11.3. The van der Waals surface area contributed by atoms with Crippen LogP contribution in [0.5, 0.6) is 0 Å². The first-order chi connectivity index (χ1) is 9.38. The molecule has 10 heteroatoms. The van der Waals surface area contributed by atoms with Crippen LogP contribution in [0.4, 0.5) is 5.88 Å². The number of rotatable bonds is 4. The van der Waals surface area contributed by atoms with Crippen LogP contribution in [0.1, 0.15) is 5.76 Å². The molecule has 0 atom stereocenters. The van der Waals surface area contributed by atoms with E-state index in [4.69, 9.17) is 21.7 Å². The maximum absolute atomic E-state index is 11.9. The lowest BCUT2D eigenvalue weighted by Gasteiger charge is -2.09. The van der Waals surface area contributed by atoms with Crippen LogP contribution in [0.25, 0.3) is 6.08 Å². The van der Waals surface area contributed by atoms with Gasteiger partial charge in [0.25, 0.3) is 5.91 Å². The van der Waals surface area contributed by atoms with Gasteiger partial charge in [0.2, 0.25) is 0 Å². The van der Waals surface area contributed by atoms with Gasteiger partial charge in [0.15, 0.2) is 0 Å². The Labute approximate surface area is 121 Å². The summed E-state index contributed by atoms with van der Waals surface area (Å²) in [5.74, 6) is -2.08. The third kappa shape index (κ3) is 2.86. The number of carbonyl (C=O) groups excluding carboxylic acids is 1. The summed E-state index contributed by atoms with van der Waals surface area (Å²) in [4.78, 5) is 33.4. The molecule has 0 radical (unpaired) electrons. The van der Waals surface area contributed by atoms with E-state index in [1.54, 1.807) is 0 Å². The second-order valence-electron chi connectivity index (χ2n) is 3.59. The number of aliphatic carboxylic acids is 1. The molecule has 1 N–H and O–H groups in total. The van der Waals surface area contributed by atoms with E-state index in [2.05, 4.69) is 0 Å². The van der Waals surface area contributed by atoms with Crippen molar-refractivity contribution in [3.05, 3.63) is 32.9 Å². The molecule has 0 aromatic carbocycles. The van der Waals surface area contributed by atoms with Gasteiger partial charge in [0.1, 0.15) is 21.5 Å². The zero-order valence-electron chi connectivity index (χ0n) is 9.64. The van der Waals surface area contributed by atoms with Crippen LogP contribution in [0.2, 0.25) is 0 Å². The fraction of sp³-hybridized carbons (Fsp3) is 0.100. The van der Waals surface area contributed by atoms with Gasteiger partial charge in [-0.15, -0.1) is 0 Å². The number of thioether (sulfide) groups is 1. The molecule has 20 heavy (non-hydrogen) atoms. The lowest BCUT2D eigenvalue weighted by atomic mass is 10.3. The smallest absolute Gasteiger partial charge is 0.433 e. The Morgan fingerprint density at radius 3 is 2.85 bits per heavy atom. The predicted octanol–water partition coefficient (Wildman–Crippen LogP) is 1.47. The van der Waals surface area contributed by atoms with Gasteiger partial charge >= 0.3 is 11.9 Å². The van der Waals surface area contributed by atoms with Crippen molar-refractivity contribution in [3.63, 3.8) is 0 Å². The van der Waals surface area contributed by atoms with Crippen molar-refractivity contribution in [2.75, 3.05) is 6.54 Å². The van der Waals surface area contributed by atoms with Crippen molar-refractivity contribution in [1.82, 2.24) is 4.90 Å². The van der Waals surface area contributed by atoms with Gasteiger partial charge in [-0.2, -0.15) is 0 Å². The van der Waals surface area contributed by atoms with Crippen LogP contribution in [-0.4, -0.2) is 37.7 Å². The molecule has 0 spiro atoms. The second kappa shape index (κ2) is 5.43. The Morgan fingerprint density at radius 1 is 1.60 bits per heavy atom. The third-order valence-corrected chi connectivity index (χ3v) is 3.61. The largest absolute Gasteiger partial charge is 0.480 e. The maximum atomic E-state index is 11.9. The Morgan fingerprint density at radius 2 is 2.30 bits per heavy atom. The van der Waals surface area contributed by atoms with Crippen LogP contribution in [0.3, 0.4) is 0 Å². The Hall–Kier alpha value is -2.20. The van der Waals surface area contributed by atoms with Crippen LogP contribution in [0, 0.1) is 10.1 Å². The summed E-state index contributed by atoms with van der Waals surface area (Å²) in [5, 5.41) is 19.1. The summed E-state index contributed by atoms with van der Waals surface area (Å²) >= 11 is 5.81. The van der Waals surface area contributed by atoms with Crippen molar-refractivity contribution >= 4 is 52.1 Å². The number of carboxylic acid groups (broad SMARTS) is 1. The molecule has 1 aromatic heterocycles. The summed E-state index contributed by atoms with van der Waals surface area (Å²) in [6, 6.07) is 2.49. The number of carboxylic acids is 1. The van der Waals surface area contributed by atoms with Crippen molar-refractivity contribution in [2.24, 2.45) is 0 Å². The minimum atomic E-state index is -1.18. The van der Waals surface area contributed by atoms with Crippen molar-refractivity contribution < 1.29 is 24.0 Å². The summed E-state index contributed by atoms with van der Waals surface area (Å²) < 4.78 is 5.00. The minimum Gasteiger partial charge on any atom is -0.480 e. The topological polar surface area (TPSA) is 114 Å². The van der Waals surface area contributed by atoms with Gasteiger partial charge in [-0.3, -0.25) is 24.6 Å². The maximum Gasteiger partial charge on any atom is 0.433 e. The zero-order chi connectivity index (χ0) is 14.9. The second-order valence-corrected chi connectivity index (χ2v) is 5.27. The molecule has 0 aliphatic carbocycles. The lowest BCUT2D eigenvalue weighted by molar-refractivity contribution is -0.402. The molecule has 1 aliphatic rings. The van der Waals surface area contributed by atoms with Gasteiger partial charge in [-0.25, -0.2) is 0 Å². The number of thiocarbonyl (C=S) groups is 1. The highest BCUT2D eigenvalue weighted by Gasteiger charge is 2.33. The Balaban J connectivity index is 2.22. The predicted molar refractivity (Wildman–Crippen MR) is 72.9 cm³/mol. The molecular weight excluding hydrogens is 308 g/mol. The average Bonchev–Trinajstić information content (AvgIpc) is 2.91. The number of hydrogen-bond donors (Lipinski definition) is 1. The van der Waals surface area contributed by atoms with Gasteiger partial charge in [0.05, 0.1) is 11.0 Å². The quantitative estimate of drug-likeness (QED) is 0.384. The van der Waals surface area contributed by atoms with Crippen LogP contribution in [-0.2, 0) is 9.59 Å². The number of hydrogen-bond acceptors (Lipinski definition) is 7. The van der Waals surface area contributed by atoms with E-state index < -0.39 is 29.2 Å². The third-order valence-electron chi connectivity index (χ3n) is 2.23. The van der Waals surface area contributed by atoms with Crippen LogP contribution < -0.4 is 0 Å². The molecule has 1 aromatic rings. The highest BCUT2D eigenvalue weighted by atomic mass is 32.2. The normalized spacial score (nSPS) is 17.0. The molecule has 0 bridgehead atoms. The van der Waals surface area contributed by atoms with Gasteiger partial charge in [0, 0.05) is 6.08 Å². The molecule has 1 saturated heterocycles. The molecule has 1 fully saturated rings. The number of nitrogens with zero attached hydrogens (tertiary/aromatic N) is 2. The molecule has 2 rings (SSSR count). The van der Waals surface area contributed by atoms with E-state index in [1.165, 1.54) is 12.1 Å². The van der Waals surface area contributed by atoms with Crippen molar-refractivity contribution in [2.45, 2.75) is 0 Å². The molecule has 2 heterocycles. The average molecular weight is 314 g/mol. The number of carbonyl (C=O) groups is 2. The van der Waals surface area contributed by atoms with Crippen LogP contribution >= 0.6 is 24.0 Å². The number of furan rings is 1. The summed E-state index contributed by atoms with van der Waals surface area (Å²) in [6.45, 7) is -0.527. The first-order valence-corrected chi connectivity index (χ1v) is 6.32. The van der Waals surface area contributed by atoms with E-state index in [0.717, 1.165) is 22.7 Å². The Bertz CT molecular complexity index is 650. The molecular formula is C10H6N2O6S2. The van der Waals surface area contributed by atoms with Crippen molar-refractivity contribution in [3.8, 4) is 0 Å². The standard InChI is InChI=1S/C10H6N2O6S2/c13-8(14)4-11-9(15)6(20-10(11)19)3-5-1-2-7(18-5)12(16)17/h1-3H,4H2,(H,13,14). The Kier molecular flexibility index (Phi) is 3.86. The van der Waals surface area contributed by atoms with Gasteiger partial charge in [-0.05, 0) is 6.07 Å². The van der Waals surface area contributed by atoms with E-state index in [-0.39, 0.29) is 15.0 Å². The highest BCUT2D eigenvalue weighted by Crippen LogP contribution is 2.33. The molecule has 0 saturated carbocycles. The summed E-state index contributed by atoms with van der Waals surface area (Å²) in [5.41, 5.74) is 0. The molecule has 8 nitrogen and oxygen atoms in total. The molecule has 1 aliphatic heterocycles. The monoisotopic (exact) mass is 314 g/mol. The SMILES string of the molecule is O=C(O)CN1C(=O)C(=Cc2ccc([N+](=O)[O-])o2)SC1=S. The van der Waals surface area contributed by atoms with Crippen LogP contribution in [0.15, 0.2) is 21.5 Å². The van der Waals surface area contributed by atoms with E-state index >= 15 is 0 Å². The first kappa shape index (κ1) is 14.2. The first-order valence-electron chi connectivity index (χ1n) is 5.10. The van der Waals surface area contributed by atoms with Crippen molar-refractivity contribution in [1.29, 1.82) is 0 Å². The molecule has 1 amide bonds. The summed E-state index contributed by atoms with van der Waals surface area (Å²) in [6.07, 6.45) is 1.29. The number of amides is 1. The fourth-order valence-electron chi connectivity index (χ4n) is 1.42. The van der Waals surface area contributed by atoms with E-state index in [9.17, 15) is 19.7 Å².